The van der Waals surface area contributed by atoms with E-state index >= 15 is 0 Å². The molecule has 1 unspecified atom stereocenters. The Morgan fingerprint density at radius 3 is 2.75 bits per heavy atom. The number of hydrogen-bond donors (Lipinski definition) is 2. The number of nitrogens with zero attached hydrogens (tertiary/aromatic N) is 2. The third-order valence-electron chi connectivity index (χ3n) is 3.04. The smallest absolute Gasteiger partial charge is 0.325 e. The van der Waals surface area contributed by atoms with Crippen molar-refractivity contribution in [2.24, 2.45) is 0 Å². The first-order valence-electron chi connectivity index (χ1n) is 6.96. The van der Waals surface area contributed by atoms with Gasteiger partial charge < -0.3 is 5.32 Å². The van der Waals surface area contributed by atoms with Gasteiger partial charge in [0.2, 0.25) is 11.1 Å². The summed E-state index contributed by atoms with van der Waals surface area (Å²) in [6.07, 6.45) is -3.96. The highest BCUT2D eigenvalue weighted by atomic mass is 35.5. The van der Waals surface area contributed by atoms with Gasteiger partial charge in [-0.05, 0) is 25.1 Å². The van der Waals surface area contributed by atoms with Crippen molar-refractivity contribution in [2.45, 2.75) is 36.9 Å². The second-order valence-electron chi connectivity index (χ2n) is 4.86. The Labute approximate surface area is 145 Å². The van der Waals surface area contributed by atoms with Gasteiger partial charge in [0.05, 0.1) is 16.5 Å². The van der Waals surface area contributed by atoms with Crippen LogP contribution in [0.4, 0.5) is 18.9 Å². The molecule has 0 aliphatic carbocycles. The van der Waals surface area contributed by atoms with E-state index in [2.05, 4.69) is 20.5 Å². The van der Waals surface area contributed by atoms with Gasteiger partial charge in [-0.1, -0.05) is 30.3 Å². The molecule has 2 rings (SSSR count). The molecule has 1 atom stereocenters. The molecule has 2 N–H and O–H groups in total. The Hall–Kier alpha value is -1.74. The monoisotopic (exact) mass is 378 g/mol. The zero-order valence-corrected chi connectivity index (χ0v) is 14.3. The topological polar surface area (TPSA) is 70.7 Å². The van der Waals surface area contributed by atoms with Crippen molar-refractivity contribution in [3.05, 3.63) is 34.6 Å². The van der Waals surface area contributed by atoms with Gasteiger partial charge in [-0.3, -0.25) is 9.89 Å². The molecule has 1 aromatic heterocycles. The minimum Gasteiger partial charge on any atom is -0.325 e. The zero-order chi connectivity index (χ0) is 17.9. The lowest BCUT2D eigenvalue weighted by atomic mass is 10.1. The number of benzene rings is 1. The van der Waals surface area contributed by atoms with Crippen LogP contribution in [0, 0.1) is 0 Å². The molecule has 1 aromatic carbocycles. The fourth-order valence-corrected chi connectivity index (χ4v) is 2.71. The molecule has 10 heteroatoms. The second kappa shape index (κ2) is 7.43. The minimum absolute atomic E-state index is 0.0597. The average molecular weight is 379 g/mol. The van der Waals surface area contributed by atoms with E-state index in [-0.39, 0.29) is 10.7 Å². The summed E-state index contributed by atoms with van der Waals surface area (Å²) in [5.74, 6) is 0.0813. The molecule has 24 heavy (non-hydrogen) atoms. The number of anilines is 1. The van der Waals surface area contributed by atoms with Gasteiger partial charge in [0.15, 0.2) is 0 Å². The van der Waals surface area contributed by atoms with Crippen LogP contribution in [0.15, 0.2) is 23.4 Å². The summed E-state index contributed by atoms with van der Waals surface area (Å²) in [6, 6.07) is 3.19. The predicted molar refractivity (Wildman–Crippen MR) is 86.2 cm³/mol. The maximum Gasteiger partial charge on any atom is 0.418 e. The summed E-state index contributed by atoms with van der Waals surface area (Å²) < 4.78 is 39.1. The summed E-state index contributed by atoms with van der Waals surface area (Å²) in [6.45, 7) is 3.45. The van der Waals surface area contributed by atoms with Crippen LogP contribution in [0.25, 0.3) is 0 Å². The highest BCUT2D eigenvalue weighted by molar-refractivity contribution is 8.00. The number of aromatic amines is 1. The summed E-state index contributed by atoms with van der Waals surface area (Å²) in [4.78, 5) is 16.3. The van der Waals surface area contributed by atoms with Gasteiger partial charge >= 0.3 is 6.18 Å². The van der Waals surface area contributed by atoms with Crippen molar-refractivity contribution in [1.82, 2.24) is 15.2 Å². The first-order valence-corrected chi connectivity index (χ1v) is 8.22. The standard InChI is InChI=1S/C14H14ClF3N4OS/c1-3-11-20-13(22-21-11)24-7(2)12(23)19-10-5-4-8(15)6-9(10)14(16,17)18/h4-7H,3H2,1-2H3,(H,19,23)(H,20,21,22). The number of alkyl halides is 3. The fourth-order valence-electron chi connectivity index (χ4n) is 1.79. The number of hydrogen-bond acceptors (Lipinski definition) is 4. The minimum atomic E-state index is -4.62. The first-order chi connectivity index (χ1) is 11.2. The van der Waals surface area contributed by atoms with Gasteiger partial charge in [-0.2, -0.15) is 13.2 Å². The molecular formula is C14H14ClF3N4OS. The molecule has 0 spiro atoms. The molecule has 130 valence electrons. The molecule has 5 nitrogen and oxygen atoms in total. The number of carbonyl (C=O) groups excluding carboxylic acids is 1. The molecule has 0 aliphatic rings. The maximum atomic E-state index is 13.0. The Bertz CT molecular complexity index is 735. The predicted octanol–water partition coefficient (Wildman–Crippen LogP) is 4.16. The number of aryl methyl sites for hydroxylation is 1. The second-order valence-corrected chi connectivity index (χ2v) is 6.60. The largest absolute Gasteiger partial charge is 0.418 e. The van der Waals surface area contributed by atoms with Crippen LogP contribution >= 0.6 is 23.4 Å². The molecule has 0 saturated heterocycles. The number of carbonyl (C=O) groups is 1. The van der Waals surface area contributed by atoms with Gasteiger partial charge in [0.1, 0.15) is 5.82 Å². The first kappa shape index (κ1) is 18.6. The summed E-state index contributed by atoms with van der Waals surface area (Å²) in [5, 5.41) is 8.55. The Kier molecular flexibility index (Phi) is 5.76. The number of amides is 1. The van der Waals surface area contributed by atoms with Crippen LogP contribution in [0.2, 0.25) is 5.02 Å². The Morgan fingerprint density at radius 2 is 2.17 bits per heavy atom. The quantitative estimate of drug-likeness (QED) is 0.766. The zero-order valence-electron chi connectivity index (χ0n) is 12.7. The molecule has 0 bridgehead atoms. The van der Waals surface area contributed by atoms with Crippen LogP contribution in [-0.2, 0) is 17.4 Å². The molecule has 0 radical (unpaired) electrons. The average Bonchev–Trinajstić information content (AvgIpc) is 2.95. The lowest BCUT2D eigenvalue weighted by Crippen LogP contribution is -2.24. The van der Waals surface area contributed by atoms with E-state index in [0.717, 1.165) is 23.9 Å². The van der Waals surface area contributed by atoms with E-state index in [1.807, 2.05) is 6.92 Å². The fraction of sp³-hybridized carbons (Fsp3) is 0.357. The van der Waals surface area contributed by atoms with Gasteiger partial charge in [-0.25, -0.2) is 4.98 Å². The van der Waals surface area contributed by atoms with E-state index in [0.29, 0.717) is 17.4 Å². The summed E-state index contributed by atoms with van der Waals surface area (Å²) in [7, 11) is 0. The van der Waals surface area contributed by atoms with Crippen LogP contribution in [0.1, 0.15) is 25.2 Å². The van der Waals surface area contributed by atoms with Gasteiger partial charge in [0, 0.05) is 11.4 Å². The van der Waals surface area contributed by atoms with Crippen molar-refractivity contribution >= 4 is 35.0 Å². The van der Waals surface area contributed by atoms with Gasteiger partial charge in [-0.15, -0.1) is 5.10 Å². The van der Waals surface area contributed by atoms with E-state index in [1.165, 1.54) is 6.07 Å². The number of nitrogens with one attached hydrogen (secondary N) is 2. The lowest BCUT2D eigenvalue weighted by Gasteiger charge is -2.16. The van der Waals surface area contributed by atoms with Gasteiger partial charge in [0.25, 0.3) is 0 Å². The number of rotatable bonds is 5. The third kappa shape index (κ3) is 4.64. The van der Waals surface area contributed by atoms with E-state index in [1.54, 1.807) is 6.92 Å². The number of aromatic nitrogens is 3. The molecule has 0 saturated carbocycles. The summed E-state index contributed by atoms with van der Waals surface area (Å²) >= 11 is 6.66. The highest BCUT2D eigenvalue weighted by Gasteiger charge is 2.34. The van der Waals surface area contributed by atoms with E-state index in [4.69, 9.17) is 11.6 Å². The van der Waals surface area contributed by atoms with Crippen LogP contribution in [0.5, 0.6) is 0 Å². The van der Waals surface area contributed by atoms with E-state index in [9.17, 15) is 18.0 Å². The molecule has 0 fully saturated rings. The molecular weight excluding hydrogens is 365 g/mol. The Morgan fingerprint density at radius 1 is 1.46 bits per heavy atom. The highest BCUT2D eigenvalue weighted by Crippen LogP contribution is 2.36. The molecule has 2 aromatic rings. The van der Waals surface area contributed by atoms with Crippen molar-refractivity contribution in [3.63, 3.8) is 0 Å². The number of halogens is 4. The normalized spacial score (nSPS) is 12.9. The van der Waals surface area contributed by atoms with Crippen LogP contribution < -0.4 is 5.32 Å². The van der Waals surface area contributed by atoms with Crippen LogP contribution in [0.3, 0.4) is 0 Å². The molecule has 1 heterocycles. The number of thioether (sulfide) groups is 1. The Balaban J connectivity index is 2.11. The lowest BCUT2D eigenvalue weighted by molar-refractivity contribution is -0.137. The summed E-state index contributed by atoms with van der Waals surface area (Å²) in [5.41, 5.74) is -1.33. The van der Waals surface area contributed by atoms with Crippen molar-refractivity contribution < 1.29 is 18.0 Å². The molecule has 1 amide bonds. The SMILES string of the molecule is CCc1nc(SC(C)C(=O)Nc2ccc(Cl)cc2C(F)(F)F)n[nH]1. The number of H-pyrrole nitrogens is 1. The molecule has 0 aliphatic heterocycles. The third-order valence-corrected chi connectivity index (χ3v) is 4.24. The van der Waals surface area contributed by atoms with Crippen LogP contribution in [-0.4, -0.2) is 26.3 Å². The van der Waals surface area contributed by atoms with E-state index < -0.39 is 22.9 Å². The van der Waals surface area contributed by atoms with Crippen molar-refractivity contribution in [2.75, 3.05) is 5.32 Å². The van der Waals surface area contributed by atoms with Crippen molar-refractivity contribution in [1.29, 1.82) is 0 Å². The maximum absolute atomic E-state index is 13.0. The van der Waals surface area contributed by atoms with Crippen molar-refractivity contribution in [3.8, 4) is 0 Å².